The van der Waals surface area contributed by atoms with Crippen LogP contribution < -0.4 is 0 Å². The Morgan fingerprint density at radius 3 is 2.69 bits per heavy atom. The van der Waals surface area contributed by atoms with Crippen LogP contribution in [0.4, 0.5) is 0 Å². The normalized spacial score (nSPS) is 17.0. The summed E-state index contributed by atoms with van der Waals surface area (Å²) in [5, 5.41) is 0. The molecule has 1 heterocycles. The fourth-order valence-corrected chi connectivity index (χ4v) is 2.22. The minimum absolute atomic E-state index is 1.14. The topological polar surface area (TPSA) is 3.24 Å². The minimum atomic E-state index is 1.14. The number of thioether (sulfide) groups is 1. The van der Waals surface area contributed by atoms with Gasteiger partial charge in [0.1, 0.15) is 0 Å². The molecule has 13 heavy (non-hydrogen) atoms. The Balaban J connectivity index is 2.08. The van der Waals surface area contributed by atoms with Gasteiger partial charge in [-0.3, -0.25) is 4.90 Å². The van der Waals surface area contributed by atoms with E-state index in [2.05, 4.69) is 35.4 Å². The Hall–Kier alpha value is -0.470. The maximum atomic E-state index is 2.50. The summed E-state index contributed by atoms with van der Waals surface area (Å²) in [4.78, 5) is 3.92. The fourth-order valence-electron chi connectivity index (χ4n) is 1.61. The van der Waals surface area contributed by atoms with E-state index < -0.39 is 0 Å². The third-order valence-corrected chi connectivity index (χ3v) is 3.37. The van der Waals surface area contributed by atoms with Gasteiger partial charge in [-0.25, -0.2) is 0 Å². The molecule has 0 atom stereocenters. The zero-order valence-corrected chi connectivity index (χ0v) is 8.81. The highest BCUT2D eigenvalue weighted by Gasteiger charge is 2.14. The molecule has 1 nitrogen and oxygen atoms in total. The number of rotatable bonds is 3. The Morgan fingerprint density at radius 2 is 2.08 bits per heavy atom. The summed E-state index contributed by atoms with van der Waals surface area (Å²) < 4.78 is 0. The van der Waals surface area contributed by atoms with E-state index >= 15 is 0 Å². The quantitative estimate of drug-likeness (QED) is 0.679. The van der Waals surface area contributed by atoms with Gasteiger partial charge in [0, 0.05) is 11.4 Å². The molecule has 0 saturated carbocycles. The van der Waals surface area contributed by atoms with Crippen molar-refractivity contribution in [1.82, 2.24) is 4.90 Å². The van der Waals surface area contributed by atoms with Crippen LogP contribution >= 0.6 is 11.8 Å². The van der Waals surface area contributed by atoms with Gasteiger partial charge in [-0.2, -0.15) is 0 Å². The Labute approximate surface area is 84.1 Å². The van der Waals surface area contributed by atoms with Crippen LogP contribution in [-0.2, 0) is 6.54 Å². The molecule has 1 aromatic carbocycles. The molecule has 0 aromatic heterocycles. The number of hydrogen-bond acceptors (Lipinski definition) is 2. The van der Waals surface area contributed by atoms with Crippen LogP contribution in [0.3, 0.4) is 0 Å². The van der Waals surface area contributed by atoms with Crippen molar-refractivity contribution in [3.05, 3.63) is 29.8 Å². The van der Waals surface area contributed by atoms with Crippen LogP contribution in [0.5, 0.6) is 0 Å². The van der Waals surface area contributed by atoms with E-state index in [4.69, 9.17) is 0 Å². The highest BCUT2D eigenvalue weighted by Crippen LogP contribution is 2.22. The van der Waals surface area contributed by atoms with Gasteiger partial charge in [-0.05, 0) is 37.4 Å². The van der Waals surface area contributed by atoms with E-state index in [0.29, 0.717) is 0 Å². The molecule has 1 aliphatic rings. The summed E-state index contributed by atoms with van der Waals surface area (Å²) in [6.07, 6.45) is 3.52. The van der Waals surface area contributed by atoms with Crippen molar-refractivity contribution < 1.29 is 0 Å². The summed E-state index contributed by atoms with van der Waals surface area (Å²) >= 11 is 1.85. The van der Waals surface area contributed by atoms with Gasteiger partial charge in [0.15, 0.2) is 0 Å². The summed E-state index contributed by atoms with van der Waals surface area (Å²) in [6, 6.07) is 8.70. The van der Waals surface area contributed by atoms with Crippen molar-refractivity contribution in [3.63, 3.8) is 0 Å². The Morgan fingerprint density at radius 1 is 1.31 bits per heavy atom. The van der Waals surface area contributed by atoms with E-state index in [1.807, 2.05) is 11.8 Å². The fraction of sp³-hybridized carbons (Fsp3) is 0.455. The summed E-state index contributed by atoms with van der Waals surface area (Å²) in [6.45, 7) is 3.70. The second kappa shape index (κ2) is 4.16. The van der Waals surface area contributed by atoms with Gasteiger partial charge in [-0.1, -0.05) is 18.2 Å². The molecule has 0 spiro atoms. The number of nitrogens with zero attached hydrogens (tertiary/aromatic N) is 1. The smallest absolute Gasteiger partial charge is 0.0244 e. The van der Waals surface area contributed by atoms with Gasteiger partial charge in [0.2, 0.25) is 0 Å². The molecule has 70 valence electrons. The number of hydrogen-bond donors (Lipinski definition) is 0. The van der Waals surface area contributed by atoms with Crippen LogP contribution in [0.2, 0.25) is 0 Å². The number of benzene rings is 1. The minimum Gasteiger partial charge on any atom is -0.299 e. The van der Waals surface area contributed by atoms with Crippen molar-refractivity contribution >= 4 is 11.8 Å². The Kier molecular flexibility index (Phi) is 2.91. The molecule has 1 aliphatic heterocycles. The lowest BCUT2D eigenvalue weighted by Gasteiger charge is -2.31. The lowest BCUT2D eigenvalue weighted by Crippen LogP contribution is -2.36. The zero-order valence-electron chi connectivity index (χ0n) is 7.99. The second-order valence-electron chi connectivity index (χ2n) is 3.44. The van der Waals surface area contributed by atoms with Gasteiger partial charge in [0.25, 0.3) is 0 Å². The molecule has 2 heteroatoms. The van der Waals surface area contributed by atoms with Crippen LogP contribution in [0.25, 0.3) is 0 Å². The predicted octanol–water partition coefficient (Wildman–Crippen LogP) is 2.61. The van der Waals surface area contributed by atoms with E-state index in [1.54, 1.807) is 0 Å². The van der Waals surface area contributed by atoms with E-state index in [1.165, 1.54) is 30.0 Å². The lowest BCUT2D eigenvalue weighted by atomic mass is 10.1. The predicted molar refractivity (Wildman–Crippen MR) is 58.1 cm³/mol. The van der Waals surface area contributed by atoms with Crippen LogP contribution in [-0.4, -0.2) is 24.2 Å². The van der Waals surface area contributed by atoms with Crippen molar-refractivity contribution in [1.29, 1.82) is 0 Å². The van der Waals surface area contributed by atoms with E-state index in [9.17, 15) is 0 Å². The first-order chi connectivity index (χ1) is 6.40. The summed E-state index contributed by atoms with van der Waals surface area (Å²) in [5.41, 5.74) is 1.48. The largest absolute Gasteiger partial charge is 0.299 e. The molecule has 0 aliphatic carbocycles. The van der Waals surface area contributed by atoms with Crippen LogP contribution in [0.1, 0.15) is 12.0 Å². The maximum absolute atomic E-state index is 2.50. The summed E-state index contributed by atoms with van der Waals surface area (Å²) in [5.74, 6) is 0. The molecule has 0 radical (unpaired) electrons. The maximum Gasteiger partial charge on any atom is 0.0244 e. The molecule has 1 saturated heterocycles. The first-order valence-electron chi connectivity index (χ1n) is 4.74. The first kappa shape index (κ1) is 9.10. The third-order valence-electron chi connectivity index (χ3n) is 2.54. The molecular formula is C11H15NS. The average Bonchev–Trinajstić information content (AvgIpc) is 2.12. The average molecular weight is 193 g/mol. The monoisotopic (exact) mass is 193 g/mol. The molecule has 1 fully saturated rings. The highest BCUT2D eigenvalue weighted by molar-refractivity contribution is 7.98. The lowest BCUT2D eigenvalue weighted by molar-refractivity contribution is 0.171. The SMILES string of the molecule is CSc1ccccc1CN1CCC1. The standard InChI is InChI=1S/C11H15NS/c1-13-11-6-3-2-5-10(11)9-12-7-4-8-12/h2-3,5-6H,4,7-9H2,1H3. The molecular weight excluding hydrogens is 178 g/mol. The molecule has 0 unspecified atom stereocenters. The zero-order chi connectivity index (χ0) is 9.10. The third kappa shape index (κ3) is 2.06. The van der Waals surface area contributed by atoms with Crippen molar-refractivity contribution in [3.8, 4) is 0 Å². The first-order valence-corrected chi connectivity index (χ1v) is 5.97. The van der Waals surface area contributed by atoms with Gasteiger partial charge < -0.3 is 0 Å². The van der Waals surface area contributed by atoms with Crippen molar-refractivity contribution in [2.45, 2.75) is 17.9 Å². The highest BCUT2D eigenvalue weighted by atomic mass is 32.2. The summed E-state index contributed by atoms with van der Waals surface area (Å²) in [7, 11) is 0. The molecule has 0 bridgehead atoms. The van der Waals surface area contributed by atoms with Gasteiger partial charge in [-0.15, -0.1) is 11.8 Å². The number of likely N-dealkylation sites (tertiary alicyclic amines) is 1. The van der Waals surface area contributed by atoms with E-state index in [0.717, 1.165) is 6.54 Å². The second-order valence-corrected chi connectivity index (χ2v) is 4.29. The van der Waals surface area contributed by atoms with Gasteiger partial charge in [0.05, 0.1) is 0 Å². The van der Waals surface area contributed by atoms with Crippen molar-refractivity contribution in [2.24, 2.45) is 0 Å². The Bertz CT molecular complexity index is 281. The van der Waals surface area contributed by atoms with Gasteiger partial charge >= 0.3 is 0 Å². The molecule has 2 rings (SSSR count). The van der Waals surface area contributed by atoms with Crippen molar-refractivity contribution in [2.75, 3.05) is 19.3 Å². The molecule has 0 amide bonds. The molecule has 1 aromatic rings. The molecule has 0 N–H and O–H groups in total. The van der Waals surface area contributed by atoms with Crippen LogP contribution in [0.15, 0.2) is 29.2 Å². The van der Waals surface area contributed by atoms with Crippen LogP contribution in [0, 0.1) is 0 Å². The van der Waals surface area contributed by atoms with E-state index in [-0.39, 0.29) is 0 Å².